The number of hydrogen-bond acceptors (Lipinski definition) is 5. The van der Waals surface area contributed by atoms with E-state index in [4.69, 9.17) is 9.47 Å². The molecule has 0 aliphatic rings. The molecule has 4 rings (SSSR count). The van der Waals surface area contributed by atoms with Crippen LogP contribution >= 0.6 is 0 Å². The highest BCUT2D eigenvalue weighted by Crippen LogP contribution is 2.30. The molecule has 0 radical (unpaired) electrons. The molecule has 3 N–H and O–H groups in total. The topological polar surface area (TPSA) is 96.9 Å². The van der Waals surface area contributed by atoms with Crippen LogP contribution in [-0.2, 0) is 22.6 Å². The van der Waals surface area contributed by atoms with E-state index < -0.39 is 18.0 Å². The van der Waals surface area contributed by atoms with Crippen molar-refractivity contribution in [2.24, 2.45) is 0 Å². The molecule has 0 aliphatic heterocycles. The molecular formula is C28H26N2O5. The van der Waals surface area contributed by atoms with E-state index >= 15 is 0 Å². The predicted octanol–water partition coefficient (Wildman–Crippen LogP) is 5.03. The van der Waals surface area contributed by atoms with Crippen molar-refractivity contribution < 1.29 is 24.2 Å². The van der Waals surface area contributed by atoms with Crippen molar-refractivity contribution in [3.8, 4) is 11.5 Å². The monoisotopic (exact) mass is 470 g/mol. The molecule has 0 bridgehead atoms. The number of nitrogens with one attached hydrogen (secondary N) is 2. The van der Waals surface area contributed by atoms with Gasteiger partial charge in [-0.3, -0.25) is 4.79 Å². The fourth-order valence-corrected chi connectivity index (χ4v) is 3.73. The van der Waals surface area contributed by atoms with Gasteiger partial charge in [0.15, 0.2) is 0 Å². The molecule has 1 atom stereocenters. The van der Waals surface area contributed by atoms with Crippen molar-refractivity contribution in [2.45, 2.75) is 19.1 Å². The lowest BCUT2D eigenvalue weighted by Gasteiger charge is -2.19. The lowest BCUT2D eigenvalue weighted by atomic mass is 10.0. The number of anilines is 1. The number of hydrogen-bond donors (Lipinski definition) is 3. The summed E-state index contributed by atoms with van der Waals surface area (Å²) >= 11 is 0. The predicted molar refractivity (Wildman–Crippen MR) is 134 cm³/mol. The van der Waals surface area contributed by atoms with E-state index in [1.807, 2.05) is 60.7 Å². The molecule has 35 heavy (non-hydrogen) atoms. The number of phenols is 1. The number of rotatable bonds is 8. The SMILES string of the molecule is COc1cc(NC(=O)[C@H](Cc2ccc(O)cc2)NC(=O)OCc2ccccc2)cc2ccccc12. The molecule has 0 fully saturated rings. The Labute approximate surface area is 203 Å². The van der Waals surface area contributed by atoms with E-state index in [1.165, 1.54) is 12.1 Å². The summed E-state index contributed by atoms with van der Waals surface area (Å²) in [7, 11) is 1.57. The summed E-state index contributed by atoms with van der Waals surface area (Å²) < 4.78 is 10.8. The number of amides is 2. The van der Waals surface area contributed by atoms with Crippen molar-refractivity contribution >= 4 is 28.5 Å². The third kappa shape index (κ3) is 6.29. The highest BCUT2D eigenvalue weighted by Gasteiger charge is 2.23. The number of carbonyl (C=O) groups excluding carboxylic acids is 2. The standard InChI is InChI=1S/C28H26N2O5/c1-34-26-17-22(16-21-9-5-6-10-24(21)26)29-27(32)25(15-19-11-13-23(31)14-12-19)30-28(33)35-18-20-7-3-2-4-8-20/h2-14,16-17,25,31H,15,18H2,1H3,(H,29,32)(H,30,33)/t25-/m0/s1. The Morgan fingerprint density at radius 3 is 2.34 bits per heavy atom. The first-order valence-electron chi connectivity index (χ1n) is 11.1. The Bertz CT molecular complexity index is 1310. The van der Waals surface area contributed by atoms with Gasteiger partial charge in [-0.05, 0) is 34.7 Å². The van der Waals surface area contributed by atoms with Gasteiger partial charge in [-0.15, -0.1) is 0 Å². The number of phenolic OH excluding ortho intramolecular Hbond substituents is 1. The van der Waals surface area contributed by atoms with Gasteiger partial charge in [0.05, 0.1) is 7.11 Å². The lowest BCUT2D eigenvalue weighted by Crippen LogP contribution is -2.45. The summed E-state index contributed by atoms with van der Waals surface area (Å²) in [6, 6.07) is 26.1. The third-order valence-corrected chi connectivity index (χ3v) is 5.51. The minimum Gasteiger partial charge on any atom is -0.508 e. The van der Waals surface area contributed by atoms with Gasteiger partial charge in [-0.1, -0.05) is 66.7 Å². The van der Waals surface area contributed by atoms with Crippen LogP contribution < -0.4 is 15.4 Å². The number of aromatic hydroxyl groups is 1. The zero-order valence-corrected chi connectivity index (χ0v) is 19.2. The lowest BCUT2D eigenvalue weighted by molar-refractivity contribution is -0.118. The van der Waals surface area contributed by atoms with E-state index in [2.05, 4.69) is 10.6 Å². The molecule has 0 saturated heterocycles. The molecule has 0 heterocycles. The number of fused-ring (bicyclic) bond motifs is 1. The number of alkyl carbamates (subject to hydrolysis) is 1. The fourth-order valence-electron chi connectivity index (χ4n) is 3.73. The minimum atomic E-state index is -0.916. The molecule has 0 aromatic heterocycles. The summed E-state index contributed by atoms with van der Waals surface area (Å²) in [4.78, 5) is 25.8. The van der Waals surface area contributed by atoms with Crippen LogP contribution in [0.15, 0.2) is 91.0 Å². The summed E-state index contributed by atoms with van der Waals surface area (Å²) in [5.41, 5.74) is 2.15. The number of carbonyl (C=O) groups is 2. The van der Waals surface area contributed by atoms with Crippen molar-refractivity contribution in [3.63, 3.8) is 0 Å². The second-order valence-electron chi connectivity index (χ2n) is 8.02. The van der Waals surface area contributed by atoms with E-state index in [9.17, 15) is 14.7 Å². The van der Waals surface area contributed by atoms with Crippen LogP contribution in [0.5, 0.6) is 11.5 Å². The van der Waals surface area contributed by atoms with Gasteiger partial charge in [-0.2, -0.15) is 0 Å². The first-order chi connectivity index (χ1) is 17.0. The molecule has 0 saturated carbocycles. The molecule has 2 amide bonds. The van der Waals surface area contributed by atoms with Gasteiger partial charge >= 0.3 is 6.09 Å². The van der Waals surface area contributed by atoms with Crippen molar-refractivity contribution in [1.82, 2.24) is 5.32 Å². The maximum Gasteiger partial charge on any atom is 0.408 e. The number of benzene rings is 4. The van der Waals surface area contributed by atoms with E-state index in [0.717, 1.165) is 21.9 Å². The van der Waals surface area contributed by atoms with E-state index in [-0.39, 0.29) is 18.8 Å². The van der Waals surface area contributed by atoms with Crippen molar-refractivity contribution in [1.29, 1.82) is 0 Å². The fraction of sp³-hybridized carbons (Fsp3) is 0.143. The molecule has 4 aromatic rings. The Morgan fingerprint density at radius 2 is 1.60 bits per heavy atom. The molecule has 4 aromatic carbocycles. The molecule has 178 valence electrons. The third-order valence-electron chi connectivity index (χ3n) is 5.51. The zero-order chi connectivity index (χ0) is 24.6. The van der Waals surface area contributed by atoms with Crippen LogP contribution in [0.2, 0.25) is 0 Å². The highest BCUT2D eigenvalue weighted by molar-refractivity contribution is 6.00. The number of ether oxygens (including phenoxy) is 2. The molecule has 7 nitrogen and oxygen atoms in total. The van der Waals surface area contributed by atoms with Crippen LogP contribution in [-0.4, -0.2) is 30.3 Å². The van der Waals surface area contributed by atoms with Crippen molar-refractivity contribution in [2.75, 3.05) is 12.4 Å². The summed E-state index contributed by atoms with van der Waals surface area (Å²) in [6.45, 7) is 0.0854. The first kappa shape index (κ1) is 23.6. The Hall–Kier alpha value is -4.52. The zero-order valence-electron chi connectivity index (χ0n) is 19.2. The minimum absolute atomic E-state index is 0.0854. The average molecular weight is 471 g/mol. The van der Waals surface area contributed by atoms with Gasteiger partial charge in [0.1, 0.15) is 24.1 Å². The second-order valence-corrected chi connectivity index (χ2v) is 8.02. The summed E-state index contributed by atoms with van der Waals surface area (Å²) in [5.74, 6) is 0.337. The van der Waals surface area contributed by atoms with Crippen LogP contribution in [0.1, 0.15) is 11.1 Å². The first-order valence-corrected chi connectivity index (χ1v) is 11.1. The average Bonchev–Trinajstić information content (AvgIpc) is 2.88. The van der Waals surface area contributed by atoms with E-state index in [1.54, 1.807) is 25.3 Å². The largest absolute Gasteiger partial charge is 0.508 e. The quantitative estimate of drug-likeness (QED) is 0.336. The van der Waals surface area contributed by atoms with Crippen LogP contribution in [0.4, 0.5) is 10.5 Å². The van der Waals surface area contributed by atoms with Crippen LogP contribution in [0.25, 0.3) is 10.8 Å². The molecular weight excluding hydrogens is 444 g/mol. The van der Waals surface area contributed by atoms with Gasteiger partial charge in [0, 0.05) is 23.6 Å². The molecule has 0 unspecified atom stereocenters. The highest BCUT2D eigenvalue weighted by atomic mass is 16.5. The second kappa shape index (κ2) is 11.1. The van der Waals surface area contributed by atoms with Crippen molar-refractivity contribution in [3.05, 3.63) is 102 Å². The van der Waals surface area contributed by atoms with Gasteiger partial charge in [0.25, 0.3) is 0 Å². The van der Waals surface area contributed by atoms with Crippen LogP contribution in [0.3, 0.4) is 0 Å². The Morgan fingerprint density at radius 1 is 0.886 bits per heavy atom. The molecule has 0 spiro atoms. The Balaban J connectivity index is 1.51. The van der Waals surface area contributed by atoms with Gasteiger partial charge < -0.3 is 25.2 Å². The maximum atomic E-state index is 13.3. The summed E-state index contributed by atoms with van der Waals surface area (Å²) in [5, 5.41) is 17.0. The maximum absolute atomic E-state index is 13.3. The van der Waals surface area contributed by atoms with E-state index in [0.29, 0.717) is 11.4 Å². The normalized spacial score (nSPS) is 11.5. The van der Waals surface area contributed by atoms with Gasteiger partial charge in [0.2, 0.25) is 5.91 Å². The molecule has 0 aliphatic carbocycles. The summed E-state index contributed by atoms with van der Waals surface area (Å²) in [6.07, 6.45) is -0.499. The van der Waals surface area contributed by atoms with Crippen LogP contribution in [0, 0.1) is 0 Å². The Kier molecular flexibility index (Phi) is 7.47. The number of methoxy groups -OCH3 is 1. The smallest absolute Gasteiger partial charge is 0.408 e. The molecule has 7 heteroatoms. The van der Waals surface area contributed by atoms with Gasteiger partial charge in [-0.25, -0.2) is 4.79 Å².